The number of nitrogens with one attached hydrogen (secondary N) is 1. The maximum absolute atomic E-state index is 13.7. The molecule has 0 saturated carbocycles. The molecule has 1 atom stereocenters. The van der Waals surface area contributed by atoms with Crippen LogP contribution in [-0.2, 0) is 20.7 Å². The molecule has 6 nitrogen and oxygen atoms in total. The molecule has 1 aliphatic heterocycles. The van der Waals surface area contributed by atoms with Crippen molar-refractivity contribution in [1.29, 1.82) is 0 Å². The van der Waals surface area contributed by atoms with Crippen LogP contribution >= 0.6 is 0 Å². The van der Waals surface area contributed by atoms with Crippen LogP contribution in [0.3, 0.4) is 0 Å². The molecule has 2 heterocycles. The second-order valence-electron chi connectivity index (χ2n) is 8.09. The van der Waals surface area contributed by atoms with E-state index in [0.29, 0.717) is 24.7 Å². The van der Waals surface area contributed by atoms with Gasteiger partial charge in [0.05, 0.1) is 23.6 Å². The molecule has 7 heteroatoms. The zero-order valence-electron chi connectivity index (χ0n) is 16.3. The molecule has 2 aromatic rings. The summed E-state index contributed by atoms with van der Waals surface area (Å²) in [5.74, 6) is 0.131. The normalized spacial score (nSPS) is 20.8. The average Bonchev–Trinajstić information content (AvgIpc) is 3.04. The first-order valence-electron chi connectivity index (χ1n) is 9.44. The Morgan fingerprint density at radius 1 is 1.32 bits per heavy atom. The maximum Gasteiger partial charge on any atom is 0.290 e. The number of fused-ring (bicyclic) bond motifs is 1. The highest BCUT2D eigenvalue weighted by Gasteiger charge is 2.37. The minimum Gasteiger partial charge on any atom is -0.491 e. The van der Waals surface area contributed by atoms with E-state index in [-0.39, 0.29) is 28.9 Å². The monoisotopic (exact) mass is 385 g/mol. The highest BCUT2D eigenvalue weighted by Crippen LogP contribution is 2.41. The van der Waals surface area contributed by atoms with Crippen LogP contribution in [0.25, 0.3) is 5.69 Å². The van der Waals surface area contributed by atoms with Crippen LogP contribution < -0.4 is 5.32 Å². The molecule has 1 aromatic carbocycles. The zero-order valence-corrected chi connectivity index (χ0v) is 16.3. The summed E-state index contributed by atoms with van der Waals surface area (Å²) in [6.45, 7) is 6.85. The van der Waals surface area contributed by atoms with Crippen molar-refractivity contribution in [3.63, 3.8) is 0 Å². The summed E-state index contributed by atoms with van der Waals surface area (Å²) in [7, 11) is 0. The molecule has 28 heavy (non-hydrogen) atoms. The van der Waals surface area contributed by atoms with E-state index in [4.69, 9.17) is 9.47 Å². The van der Waals surface area contributed by atoms with Gasteiger partial charge in [-0.3, -0.25) is 4.79 Å². The van der Waals surface area contributed by atoms with Gasteiger partial charge in [-0.05, 0) is 43.4 Å². The average molecular weight is 385 g/mol. The lowest BCUT2D eigenvalue weighted by Gasteiger charge is -2.36. The molecule has 148 valence electrons. The summed E-state index contributed by atoms with van der Waals surface area (Å²) in [5, 5.41) is 7.57. The molecule has 0 unspecified atom stereocenters. The molecule has 0 spiro atoms. The Morgan fingerprint density at radius 2 is 2.11 bits per heavy atom. The van der Waals surface area contributed by atoms with Crippen molar-refractivity contribution in [2.75, 3.05) is 13.2 Å². The van der Waals surface area contributed by atoms with Crippen molar-refractivity contribution in [2.24, 2.45) is 5.41 Å². The number of benzene rings is 1. The quantitative estimate of drug-likeness (QED) is 0.879. The molecule has 0 saturated heterocycles. The van der Waals surface area contributed by atoms with Gasteiger partial charge in [-0.2, -0.15) is 5.10 Å². The summed E-state index contributed by atoms with van der Waals surface area (Å²) in [6.07, 6.45) is 3.32. The summed E-state index contributed by atoms with van der Waals surface area (Å²) in [6, 6.07) is 6.16. The van der Waals surface area contributed by atoms with E-state index < -0.39 is 0 Å². The molecular weight excluding hydrogens is 361 g/mol. The first-order valence-corrected chi connectivity index (χ1v) is 9.44. The van der Waals surface area contributed by atoms with Crippen LogP contribution in [0.1, 0.15) is 44.5 Å². The Morgan fingerprint density at radius 3 is 2.86 bits per heavy atom. The molecule has 1 amide bonds. The fraction of sp³-hybridized carbons (Fsp3) is 0.429. The Hall–Kier alpha value is -2.83. The summed E-state index contributed by atoms with van der Waals surface area (Å²) < 4.78 is 26.4. The maximum atomic E-state index is 13.7. The second kappa shape index (κ2) is 6.96. The number of carbonyl (C=O) groups excluding carboxylic acids is 1. The van der Waals surface area contributed by atoms with Gasteiger partial charge in [0.15, 0.2) is 0 Å². The van der Waals surface area contributed by atoms with E-state index in [1.165, 1.54) is 12.1 Å². The third-order valence-corrected chi connectivity index (χ3v) is 5.21. The van der Waals surface area contributed by atoms with E-state index in [9.17, 15) is 9.18 Å². The van der Waals surface area contributed by atoms with Crippen molar-refractivity contribution in [3.05, 3.63) is 59.1 Å². The number of carbonyl (C=O) groups is 1. The van der Waals surface area contributed by atoms with Gasteiger partial charge >= 0.3 is 0 Å². The minimum atomic E-state index is -0.307. The molecule has 2 aliphatic rings. The van der Waals surface area contributed by atoms with Crippen LogP contribution in [0.4, 0.5) is 4.39 Å². The third kappa shape index (κ3) is 3.48. The van der Waals surface area contributed by atoms with Crippen molar-refractivity contribution < 1.29 is 18.7 Å². The fourth-order valence-corrected chi connectivity index (χ4v) is 3.96. The molecule has 1 N–H and O–H groups in total. The predicted molar refractivity (Wildman–Crippen MR) is 101 cm³/mol. The van der Waals surface area contributed by atoms with Gasteiger partial charge in [0.25, 0.3) is 5.91 Å². The summed E-state index contributed by atoms with van der Waals surface area (Å²) >= 11 is 0. The lowest BCUT2D eigenvalue weighted by molar-refractivity contribution is -0.123. The fourth-order valence-electron chi connectivity index (χ4n) is 3.96. The van der Waals surface area contributed by atoms with E-state index in [1.807, 2.05) is 6.07 Å². The second-order valence-corrected chi connectivity index (χ2v) is 8.09. The van der Waals surface area contributed by atoms with Gasteiger partial charge in [0.2, 0.25) is 5.76 Å². The standard InChI is InChI=1S/C21H24FN3O3/c1-13-19(28-8-7-27-13)20(26)24-17-10-21(2,3)11-18-16(17)12-23-25(18)15-6-4-5-14(22)9-15/h4-6,9,12,17H,7-8,10-11H2,1-3H3,(H,24,26)/t17-/m1/s1. The highest BCUT2D eigenvalue weighted by atomic mass is 19.1. The van der Waals surface area contributed by atoms with Gasteiger partial charge < -0.3 is 14.8 Å². The van der Waals surface area contributed by atoms with Gasteiger partial charge in [-0.25, -0.2) is 9.07 Å². The predicted octanol–water partition coefficient (Wildman–Crippen LogP) is 3.42. The number of allylic oxidation sites excluding steroid dienone is 1. The highest BCUT2D eigenvalue weighted by molar-refractivity contribution is 5.92. The zero-order chi connectivity index (χ0) is 19.9. The number of amides is 1. The summed E-state index contributed by atoms with van der Waals surface area (Å²) in [4.78, 5) is 12.8. The van der Waals surface area contributed by atoms with Crippen LogP contribution in [0.15, 0.2) is 42.0 Å². The van der Waals surface area contributed by atoms with Crippen molar-refractivity contribution in [2.45, 2.75) is 39.7 Å². The van der Waals surface area contributed by atoms with E-state index >= 15 is 0 Å². The molecular formula is C21H24FN3O3. The van der Waals surface area contributed by atoms with Crippen molar-refractivity contribution in [3.8, 4) is 5.69 Å². The van der Waals surface area contributed by atoms with E-state index in [1.54, 1.807) is 23.9 Å². The molecule has 0 fully saturated rings. The van der Waals surface area contributed by atoms with E-state index in [0.717, 1.165) is 24.1 Å². The molecule has 1 aliphatic carbocycles. The molecule has 1 aromatic heterocycles. The topological polar surface area (TPSA) is 65.4 Å². The van der Waals surface area contributed by atoms with Gasteiger partial charge in [0.1, 0.15) is 24.8 Å². The number of aromatic nitrogens is 2. The third-order valence-electron chi connectivity index (χ3n) is 5.21. The first-order chi connectivity index (χ1) is 13.3. The van der Waals surface area contributed by atoms with Crippen LogP contribution in [0, 0.1) is 11.2 Å². The number of rotatable bonds is 3. The lowest BCUT2D eigenvalue weighted by atomic mass is 9.74. The molecule has 0 bridgehead atoms. The van der Waals surface area contributed by atoms with Gasteiger partial charge in [0, 0.05) is 5.56 Å². The summed E-state index contributed by atoms with van der Waals surface area (Å²) in [5.41, 5.74) is 2.56. The number of hydrogen-bond acceptors (Lipinski definition) is 4. The van der Waals surface area contributed by atoms with Gasteiger partial charge in [-0.1, -0.05) is 19.9 Å². The number of ether oxygens (including phenoxy) is 2. The Balaban J connectivity index is 1.67. The SMILES string of the molecule is CC1=C(C(=O)N[C@@H]2CC(C)(C)Cc3c2cnn3-c2cccc(F)c2)OCCO1. The lowest BCUT2D eigenvalue weighted by Crippen LogP contribution is -2.38. The number of nitrogens with zero attached hydrogens (tertiary/aromatic N) is 2. The van der Waals surface area contributed by atoms with Crippen LogP contribution in [0.2, 0.25) is 0 Å². The largest absolute Gasteiger partial charge is 0.491 e. The molecule has 4 rings (SSSR count). The van der Waals surface area contributed by atoms with Gasteiger partial charge in [-0.15, -0.1) is 0 Å². The van der Waals surface area contributed by atoms with Crippen molar-refractivity contribution >= 4 is 5.91 Å². The Kier molecular flexibility index (Phi) is 4.61. The smallest absolute Gasteiger partial charge is 0.290 e. The molecule has 0 radical (unpaired) electrons. The Labute approximate surface area is 163 Å². The van der Waals surface area contributed by atoms with Crippen LogP contribution in [0.5, 0.6) is 0 Å². The number of halogens is 1. The van der Waals surface area contributed by atoms with E-state index in [2.05, 4.69) is 24.3 Å². The minimum absolute atomic E-state index is 0.0522. The van der Waals surface area contributed by atoms with Crippen LogP contribution in [-0.4, -0.2) is 28.9 Å². The van der Waals surface area contributed by atoms with Crippen molar-refractivity contribution in [1.82, 2.24) is 15.1 Å². The Bertz CT molecular complexity index is 948. The first kappa shape index (κ1) is 18.5. The number of hydrogen-bond donors (Lipinski definition) is 1.